The number of allylic oxidation sites excluding steroid dienone is 3. The SMILES string of the molecule is Cc1cc(CCl)cc(CCCC2CCCN(C3=NC4=CC=C(C(F)(F)F)CC4(C)S3)CC2)c1. The van der Waals surface area contributed by atoms with Crippen molar-refractivity contribution >= 4 is 28.5 Å². The van der Waals surface area contributed by atoms with E-state index < -0.39 is 16.5 Å². The van der Waals surface area contributed by atoms with Gasteiger partial charge in [0, 0.05) is 24.5 Å². The Morgan fingerprint density at radius 3 is 2.70 bits per heavy atom. The van der Waals surface area contributed by atoms with Crippen LogP contribution in [-0.4, -0.2) is 34.1 Å². The topological polar surface area (TPSA) is 15.6 Å². The minimum atomic E-state index is -4.27. The molecule has 1 fully saturated rings. The first-order valence-electron chi connectivity index (χ1n) is 11.8. The maximum atomic E-state index is 13.2. The van der Waals surface area contributed by atoms with Crippen molar-refractivity contribution in [1.82, 2.24) is 4.90 Å². The molecule has 0 N–H and O–H groups in total. The normalized spacial score (nSPS) is 25.8. The number of likely N-dealkylation sites (tertiary alicyclic amines) is 1. The van der Waals surface area contributed by atoms with E-state index in [0.29, 0.717) is 11.8 Å². The number of aliphatic imine (C=N–C) groups is 1. The second-order valence-electron chi connectivity index (χ2n) is 9.78. The molecule has 1 saturated heterocycles. The van der Waals surface area contributed by atoms with Gasteiger partial charge < -0.3 is 4.90 Å². The van der Waals surface area contributed by atoms with Crippen molar-refractivity contribution in [2.45, 2.75) is 75.6 Å². The van der Waals surface area contributed by atoms with Crippen molar-refractivity contribution in [1.29, 1.82) is 0 Å². The highest BCUT2D eigenvalue weighted by Gasteiger charge is 2.46. The summed E-state index contributed by atoms with van der Waals surface area (Å²) in [5.41, 5.74) is 4.14. The molecule has 4 rings (SSSR count). The first-order chi connectivity index (χ1) is 15.7. The van der Waals surface area contributed by atoms with Crippen LogP contribution in [-0.2, 0) is 12.3 Å². The summed E-state index contributed by atoms with van der Waals surface area (Å²) in [7, 11) is 0. The molecule has 1 aliphatic carbocycles. The van der Waals surface area contributed by atoms with Gasteiger partial charge in [0.2, 0.25) is 0 Å². The van der Waals surface area contributed by atoms with Gasteiger partial charge >= 0.3 is 6.18 Å². The number of amidine groups is 1. The van der Waals surface area contributed by atoms with Crippen molar-refractivity contribution < 1.29 is 13.2 Å². The lowest BCUT2D eigenvalue weighted by Crippen LogP contribution is -2.32. The van der Waals surface area contributed by atoms with E-state index in [-0.39, 0.29) is 6.42 Å². The van der Waals surface area contributed by atoms with Crippen molar-refractivity contribution in [2.75, 3.05) is 13.1 Å². The van der Waals surface area contributed by atoms with Crippen LogP contribution in [0.1, 0.15) is 62.1 Å². The Morgan fingerprint density at radius 2 is 1.94 bits per heavy atom. The van der Waals surface area contributed by atoms with E-state index >= 15 is 0 Å². The predicted octanol–water partition coefficient (Wildman–Crippen LogP) is 7.80. The van der Waals surface area contributed by atoms with Crippen LogP contribution >= 0.6 is 23.4 Å². The van der Waals surface area contributed by atoms with Crippen molar-refractivity contribution in [3.05, 3.63) is 58.3 Å². The van der Waals surface area contributed by atoms with Gasteiger partial charge in [-0.05, 0) is 75.5 Å². The molecule has 0 aromatic heterocycles. The maximum absolute atomic E-state index is 13.2. The van der Waals surface area contributed by atoms with Crippen molar-refractivity contribution in [3.63, 3.8) is 0 Å². The van der Waals surface area contributed by atoms with E-state index in [1.165, 1.54) is 53.8 Å². The first-order valence-corrected chi connectivity index (χ1v) is 13.2. The number of benzene rings is 1. The molecule has 33 heavy (non-hydrogen) atoms. The van der Waals surface area contributed by atoms with Gasteiger partial charge in [0.1, 0.15) is 0 Å². The third-order valence-electron chi connectivity index (χ3n) is 6.96. The van der Waals surface area contributed by atoms with Crippen LogP contribution < -0.4 is 0 Å². The summed E-state index contributed by atoms with van der Waals surface area (Å²) in [4.78, 5) is 7.06. The number of hydrogen-bond acceptors (Lipinski definition) is 3. The molecule has 0 amide bonds. The van der Waals surface area contributed by atoms with E-state index in [4.69, 9.17) is 16.6 Å². The minimum absolute atomic E-state index is 0.0130. The number of halogens is 4. The monoisotopic (exact) mass is 496 g/mol. The van der Waals surface area contributed by atoms with E-state index in [1.807, 2.05) is 6.92 Å². The highest BCUT2D eigenvalue weighted by molar-refractivity contribution is 8.15. The summed E-state index contributed by atoms with van der Waals surface area (Å²) in [5, 5.41) is 0.898. The van der Waals surface area contributed by atoms with Crippen LogP contribution in [0.5, 0.6) is 0 Å². The summed E-state index contributed by atoms with van der Waals surface area (Å²) in [6.07, 6.45) is 5.36. The van der Waals surface area contributed by atoms with E-state index in [2.05, 4.69) is 30.0 Å². The second-order valence-corrected chi connectivity index (χ2v) is 11.5. The highest BCUT2D eigenvalue weighted by atomic mass is 35.5. The average Bonchev–Trinajstić information content (AvgIpc) is 2.93. The summed E-state index contributed by atoms with van der Waals surface area (Å²) in [6.45, 7) is 5.87. The number of fused-ring (bicyclic) bond motifs is 1. The Morgan fingerprint density at radius 1 is 1.15 bits per heavy atom. The minimum Gasteiger partial charge on any atom is -0.351 e. The molecule has 0 radical (unpaired) electrons. The summed E-state index contributed by atoms with van der Waals surface area (Å²) < 4.78 is 39.1. The molecule has 0 spiro atoms. The molecule has 0 bridgehead atoms. The predicted molar refractivity (Wildman–Crippen MR) is 133 cm³/mol. The average molecular weight is 497 g/mol. The highest BCUT2D eigenvalue weighted by Crippen LogP contribution is 2.50. The zero-order valence-corrected chi connectivity index (χ0v) is 20.9. The van der Waals surface area contributed by atoms with Gasteiger partial charge in [-0.3, -0.25) is 0 Å². The lowest BCUT2D eigenvalue weighted by atomic mass is 9.91. The fourth-order valence-corrected chi connectivity index (χ4v) is 6.64. The van der Waals surface area contributed by atoms with Crippen molar-refractivity contribution in [3.8, 4) is 0 Å². The maximum Gasteiger partial charge on any atom is 0.412 e. The molecule has 1 aromatic carbocycles. The molecule has 3 aliphatic rings. The van der Waals surface area contributed by atoms with Gasteiger partial charge in [0.15, 0.2) is 5.17 Å². The third-order valence-corrected chi connectivity index (χ3v) is 8.60. The molecule has 1 aromatic rings. The molecule has 2 atom stereocenters. The molecule has 2 heterocycles. The Hall–Kier alpha value is -1.40. The molecule has 7 heteroatoms. The number of thioether (sulfide) groups is 1. The third kappa shape index (κ3) is 6.00. The number of aryl methyl sites for hydroxylation is 2. The quantitative estimate of drug-likeness (QED) is 0.386. The van der Waals surface area contributed by atoms with Gasteiger partial charge in [-0.15, -0.1) is 11.6 Å². The summed E-state index contributed by atoms with van der Waals surface area (Å²) in [5.74, 6) is 1.24. The lowest BCUT2D eigenvalue weighted by molar-refractivity contribution is -0.0946. The van der Waals surface area contributed by atoms with Crippen LogP contribution in [0.15, 0.2) is 46.6 Å². The molecular formula is C26H32ClF3N2S. The Labute approximate surface area is 204 Å². The molecule has 0 saturated carbocycles. The Kier molecular flexibility index (Phi) is 7.54. The number of rotatable bonds is 5. The van der Waals surface area contributed by atoms with Gasteiger partial charge in [-0.25, -0.2) is 4.99 Å². The van der Waals surface area contributed by atoms with Gasteiger partial charge in [0.05, 0.1) is 10.4 Å². The van der Waals surface area contributed by atoms with Crippen molar-refractivity contribution in [2.24, 2.45) is 10.9 Å². The number of hydrogen-bond donors (Lipinski definition) is 0. The molecule has 2 aliphatic heterocycles. The summed E-state index contributed by atoms with van der Waals surface area (Å²) in [6, 6.07) is 6.62. The Bertz CT molecular complexity index is 969. The lowest BCUT2D eigenvalue weighted by Gasteiger charge is -2.30. The largest absolute Gasteiger partial charge is 0.412 e. The molecule has 2 nitrogen and oxygen atoms in total. The fourth-order valence-electron chi connectivity index (χ4n) is 5.18. The van der Waals surface area contributed by atoms with Gasteiger partial charge in [-0.2, -0.15) is 13.2 Å². The Balaban J connectivity index is 1.30. The first kappa shape index (κ1) is 24.7. The van der Waals surface area contributed by atoms with Crippen LogP contribution in [0.25, 0.3) is 0 Å². The van der Waals surface area contributed by atoms with E-state index in [1.54, 1.807) is 6.08 Å². The summed E-state index contributed by atoms with van der Waals surface area (Å²) >= 11 is 7.53. The second kappa shape index (κ2) is 10.1. The number of alkyl halides is 4. The van der Waals surface area contributed by atoms with Gasteiger partial charge in [-0.1, -0.05) is 48.0 Å². The molecule has 180 valence electrons. The van der Waals surface area contributed by atoms with Gasteiger partial charge in [0.25, 0.3) is 0 Å². The van der Waals surface area contributed by atoms with Crippen LogP contribution in [0.3, 0.4) is 0 Å². The zero-order valence-electron chi connectivity index (χ0n) is 19.3. The standard InChI is InChI=1S/C26H32ClF3N2S/c1-18-13-20(15-21(14-18)17-27)6-3-5-19-7-4-11-32(12-10-19)24-31-23-9-8-22(26(28,29)30)16-25(23,2)33-24/h8-9,13-15,19H,3-7,10-12,16-17H2,1-2H3. The number of nitrogens with zero attached hydrogens (tertiary/aromatic N) is 2. The van der Waals surface area contributed by atoms with E-state index in [0.717, 1.165) is 43.2 Å². The van der Waals surface area contributed by atoms with E-state index in [9.17, 15) is 13.2 Å². The van der Waals surface area contributed by atoms with Crippen LogP contribution in [0.2, 0.25) is 0 Å². The zero-order chi connectivity index (χ0) is 23.6. The fraction of sp³-hybridized carbons (Fsp3) is 0.577. The van der Waals surface area contributed by atoms with Crippen LogP contribution in [0, 0.1) is 12.8 Å². The van der Waals surface area contributed by atoms with Crippen LogP contribution in [0.4, 0.5) is 13.2 Å². The molecule has 2 unspecified atom stereocenters. The molecular weight excluding hydrogens is 465 g/mol. The smallest absolute Gasteiger partial charge is 0.351 e.